The van der Waals surface area contributed by atoms with Crippen molar-refractivity contribution in [3.63, 3.8) is 0 Å². The molecule has 0 bridgehead atoms. The largest absolute Gasteiger partial charge is 0.381 e. The van der Waals surface area contributed by atoms with Crippen LogP contribution in [0.15, 0.2) is 16.9 Å². The van der Waals surface area contributed by atoms with Crippen molar-refractivity contribution in [2.45, 2.75) is 13.0 Å². The van der Waals surface area contributed by atoms with Gasteiger partial charge in [-0.1, -0.05) is 0 Å². The number of nitrogens with one attached hydrogen (secondary N) is 3. The SMILES string of the molecule is CCNc1nc(N)c(F)c(C2NNC3=CN=CC32)n1. The highest BCUT2D eigenvalue weighted by atomic mass is 19.1. The molecule has 1 aromatic rings. The minimum Gasteiger partial charge on any atom is -0.381 e. The quantitative estimate of drug-likeness (QED) is 0.626. The second-order valence-corrected chi connectivity index (χ2v) is 4.32. The Kier molecular flexibility index (Phi) is 2.79. The van der Waals surface area contributed by atoms with Gasteiger partial charge in [0.15, 0.2) is 11.6 Å². The van der Waals surface area contributed by atoms with Crippen LogP contribution in [0.4, 0.5) is 16.2 Å². The van der Waals surface area contributed by atoms with E-state index in [0.717, 1.165) is 5.70 Å². The van der Waals surface area contributed by atoms with Crippen molar-refractivity contribution in [2.24, 2.45) is 10.9 Å². The molecule has 19 heavy (non-hydrogen) atoms. The lowest BCUT2D eigenvalue weighted by Crippen LogP contribution is -2.27. The number of hydrogen-bond acceptors (Lipinski definition) is 7. The number of aliphatic imine (C=N–C) groups is 1. The van der Waals surface area contributed by atoms with Gasteiger partial charge in [0.25, 0.3) is 0 Å². The van der Waals surface area contributed by atoms with Crippen LogP contribution in [0.25, 0.3) is 0 Å². The smallest absolute Gasteiger partial charge is 0.225 e. The van der Waals surface area contributed by atoms with E-state index >= 15 is 0 Å². The van der Waals surface area contributed by atoms with E-state index in [2.05, 4.69) is 31.1 Å². The van der Waals surface area contributed by atoms with Crippen molar-refractivity contribution in [3.05, 3.63) is 23.4 Å². The Morgan fingerprint density at radius 3 is 3.11 bits per heavy atom. The number of rotatable bonds is 3. The predicted octanol–water partition coefficient (Wildman–Crippen LogP) is 0.321. The van der Waals surface area contributed by atoms with Crippen LogP contribution in [0.1, 0.15) is 18.7 Å². The normalized spacial score (nSPS) is 24.0. The highest BCUT2D eigenvalue weighted by Crippen LogP contribution is 2.33. The van der Waals surface area contributed by atoms with E-state index in [1.54, 1.807) is 12.4 Å². The fraction of sp³-hybridized carbons (Fsp3) is 0.364. The monoisotopic (exact) mass is 263 g/mol. The lowest BCUT2D eigenvalue weighted by molar-refractivity contribution is 0.497. The topological polar surface area (TPSA) is 100 Å². The molecule has 0 saturated carbocycles. The standard InChI is InChI=1S/C11H14FN7/c1-2-15-11-16-9(7(12)10(13)17-11)8-5-3-14-4-6(5)18-19-8/h3-5,8,18-19H,2H2,1H3,(H3,13,15,16,17). The van der Waals surface area contributed by atoms with E-state index in [1.165, 1.54) is 0 Å². The molecule has 3 heterocycles. The molecule has 8 heteroatoms. The molecular weight excluding hydrogens is 249 g/mol. The van der Waals surface area contributed by atoms with Gasteiger partial charge in [-0.15, -0.1) is 0 Å². The van der Waals surface area contributed by atoms with E-state index < -0.39 is 5.82 Å². The summed E-state index contributed by atoms with van der Waals surface area (Å²) in [6.07, 6.45) is 3.45. The third-order valence-corrected chi connectivity index (χ3v) is 3.08. The summed E-state index contributed by atoms with van der Waals surface area (Å²) < 4.78 is 14.1. The summed E-state index contributed by atoms with van der Waals surface area (Å²) >= 11 is 0. The minimum atomic E-state index is -0.595. The molecule has 3 rings (SSSR count). The Balaban J connectivity index is 2.00. The molecule has 0 radical (unpaired) electrons. The number of fused-ring (bicyclic) bond motifs is 1. The molecule has 0 amide bonds. The van der Waals surface area contributed by atoms with Crippen LogP contribution in [0.2, 0.25) is 0 Å². The van der Waals surface area contributed by atoms with E-state index in [-0.39, 0.29) is 23.5 Å². The molecule has 100 valence electrons. The van der Waals surface area contributed by atoms with Crippen LogP contribution in [-0.4, -0.2) is 22.7 Å². The number of nitrogens with two attached hydrogens (primary N) is 1. The molecule has 1 saturated heterocycles. The number of hydrogen-bond donors (Lipinski definition) is 4. The maximum absolute atomic E-state index is 14.1. The molecule has 5 N–H and O–H groups in total. The fourth-order valence-corrected chi connectivity index (χ4v) is 2.18. The molecule has 2 aliphatic rings. The lowest BCUT2D eigenvalue weighted by atomic mass is 9.98. The molecule has 0 spiro atoms. The van der Waals surface area contributed by atoms with Crippen molar-refractivity contribution in [2.75, 3.05) is 17.6 Å². The average molecular weight is 263 g/mol. The van der Waals surface area contributed by atoms with E-state index in [9.17, 15) is 4.39 Å². The van der Waals surface area contributed by atoms with Gasteiger partial charge in [0.2, 0.25) is 5.95 Å². The van der Waals surface area contributed by atoms with Gasteiger partial charge >= 0.3 is 0 Å². The molecule has 2 atom stereocenters. The summed E-state index contributed by atoms with van der Waals surface area (Å²) in [7, 11) is 0. The first kappa shape index (κ1) is 11.8. The maximum Gasteiger partial charge on any atom is 0.225 e. The number of hydrazine groups is 1. The van der Waals surface area contributed by atoms with Crippen LogP contribution in [0.5, 0.6) is 0 Å². The van der Waals surface area contributed by atoms with Crippen LogP contribution in [0.3, 0.4) is 0 Å². The first-order valence-electron chi connectivity index (χ1n) is 6.02. The lowest BCUT2D eigenvalue weighted by Gasteiger charge is -2.15. The van der Waals surface area contributed by atoms with Gasteiger partial charge in [-0.05, 0) is 6.92 Å². The van der Waals surface area contributed by atoms with Crippen molar-refractivity contribution < 1.29 is 4.39 Å². The highest BCUT2D eigenvalue weighted by Gasteiger charge is 2.37. The first-order valence-corrected chi connectivity index (χ1v) is 6.02. The zero-order valence-electron chi connectivity index (χ0n) is 10.3. The first-order chi connectivity index (χ1) is 9.20. The van der Waals surface area contributed by atoms with Gasteiger partial charge in [-0.2, -0.15) is 4.98 Å². The average Bonchev–Trinajstić information content (AvgIpc) is 2.96. The zero-order valence-corrected chi connectivity index (χ0v) is 10.3. The van der Waals surface area contributed by atoms with E-state index in [4.69, 9.17) is 5.73 Å². The molecule has 1 aromatic heterocycles. The van der Waals surface area contributed by atoms with Gasteiger partial charge < -0.3 is 16.5 Å². The van der Waals surface area contributed by atoms with Crippen LogP contribution >= 0.6 is 0 Å². The number of halogens is 1. The summed E-state index contributed by atoms with van der Waals surface area (Å²) in [6, 6.07) is -0.347. The second kappa shape index (κ2) is 4.47. The van der Waals surface area contributed by atoms with Crippen LogP contribution < -0.4 is 21.9 Å². The second-order valence-electron chi connectivity index (χ2n) is 4.32. The fourth-order valence-electron chi connectivity index (χ4n) is 2.18. The minimum absolute atomic E-state index is 0.0572. The van der Waals surface area contributed by atoms with Crippen molar-refractivity contribution in [3.8, 4) is 0 Å². The number of nitrogen functional groups attached to an aromatic ring is 1. The molecule has 0 aromatic carbocycles. The highest BCUT2D eigenvalue weighted by molar-refractivity contribution is 5.71. The van der Waals surface area contributed by atoms with Crippen LogP contribution in [0, 0.1) is 11.7 Å². The number of aromatic nitrogens is 2. The van der Waals surface area contributed by atoms with Gasteiger partial charge in [0.05, 0.1) is 17.7 Å². The molecule has 1 fully saturated rings. The Morgan fingerprint density at radius 2 is 2.32 bits per heavy atom. The third kappa shape index (κ3) is 1.89. The van der Waals surface area contributed by atoms with Crippen molar-refractivity contribution in [1.82, 2.24) is 20.8 Å². The summed E-state index contributed by atoms with van der Waals surface area (Å²) in [5.41, 5.74) is 12.7. The van der Waals surface area contributed by atoms with Crippen LogP contribution in [-0.2, 0) is 0 Å². The molecular formula is C11H14FN7. The Labute approximate surface area is 109 Å². The van der Waals surface area contributed by atoms with E-state index in [0.29, 0.717) is 12.5 Å². The molecule has 2 unspecified atom stereocenters. The van der Waals surface area contributed by atoms with Crippen molar-refractivity contribution >= 4 is 18.0 Å². The summed E-state index contributed by atoms with van der Waals surface area (Å²) in [6.45, 7) is 2.54. The molecule has 2 aliphatic heterocycles. The Bertz CT molecular complexity index is 568. The predicted molar refractivity (Wildman–Crippen MR) is 69.6 cm³/mol. The summed E-state index contributed by atoms with van der Waals surface area (Å²) in [5.74, 6) is -0.485. The zero-order chi connectivity index (χ0) is 13.4. The van der Waals surface area contributed by atoms with Gasteiger partial charge in [0.1, 0.15) is 5.69 Å². The van der Waals surface area contributed by atoms with Gasteiger partial charge in [-0.3, -0.25) is 4.99 Å². The Hall–Kier alpha value is -2.22. The third-order valence-electron chi connectivity index (χ3n) is 3.08. The van der Waals surface area contributed by atoms with Gasteiger partial charge in [0, 0.05) is 19.0 Å². The van der Waals surface area contributed by atoms with Crippen molar-refractivity contribution in [1.29, 1.82) is 0 Å². The number of nitrogens with zero attached hydrogens (tertiary/aromatic N) is 3. The summed E-state index contributed by atoms with van der Waals surface area (Å²) in [4.78, 5) is 12.1. The van der Waals surface area contributed by atoms with E-state index in [1.807, 2.05) is 6.92 Å². The molecule has 7 nitrogen and oxygen atoms in total. The van der Waals surface area contributed by atoms with Gasteiger partial charge in [-0.25, -0.2) is 14.8 Å². The maximum atomic E-state index is 14.1. The number of anilines is 2. The molecule has 0 aliphatic carbocycles. The summed E-state index contributed by atoms with van der Waals surface area (Å²) in [5, 5.41) is 2.93. The Morgan fingerprint density at radius 1 is 1.47 bits per heavy atom.